The van der Waals surface area contributed by atoms with Crippen LogP contribution in [0.15, 0.2) is 42.5 Å². The van der Waals surface area contributed by atoms with Crippen molar-refractivity contribution in [3.05, 3.63) is 48.0 Å². The van der Waals surface area contributed by atoms with Gasteiger partial charge in [-0.25, -0.2) is 0 Å². The van der Waals surface area contributed by atoms with Crippen molar-refractivity contribution in [3.63, 3.8) is 0 Å². The predicted molar refractivity (Wildman–Crippen MR) is 74.7 cm³/mol. The molecule has 1 aliphatic heterocycles. The van der Waals surface area contributed by atoms with Crippen LogP contribution in [-0.2, 0) is 4.79 Å². The van der Waals surface area contributed by atoms with Gasteiger partial charge in [0, 0.05) is 13.0 Å². The van der Waals surface area contributed by atoms with Gasteiger partial charge in [-0.3, -0.25) is 4.79 Å². The van der Waals surface area contributed by atoms with E-state index < -0.39 is 6.10 Å². The number of carbonyl (C=O) groups excluding carboxylic acids is 1. The highest BCUT2D eigenvalue weighted by molar-refractivity contribution is 5.83. The topological polar surface area (TPSA) is 40.5 Å². The minimum atomic E-state index is -0.605. The lowest BCUT2D eigenvalue weighted by atomic mass is 10.0. The second-order valence-corrected chi connectivity index (χ2v) is 5.07. The number of hydrogen-bond acceptors (Lipinski definition) is 2. The summed E-state index contributed by atoms with van der Waals surface area (Å²) in [5, 5.41) is 12.5. The molecular weight excluding hydrogens is 238 g/mol. The fourth-order valence-corrected chi connectivity index (χ4v) is 2.63. The van der Waals surface area contributed by atoms with Crippen molar-refractivity contribution in [1.82, 2.24) is 4.90 Å². The van der Waals surface area contributed by atoms with E-state index in [9.17, 15) is 9.90 Å². The van der Waals surface area contributed by atoms with Gasteiger partial charge in [-0.2, -0.15) is 0 Å². The van der Waals surface area contributed by atoms with Crippen LogP contribution < -0.4 is 0 Å². The Morgan fingerprint density at radius 1 is 1.16 bits per heavy atom. The van der Waals surface area contributed by atoms with E-state index in [1.807, 2.05) is 36.4 Å². The predicted octanol–water partition coefficient (Wildman–Crippen LogP) is 2.50. The summed E-state index contributed by atoms with van der Waals surface area (Å²) in [5.74, 6) is 0.153. The van der Waals surface area contributed by atoms with Gasteiger partial charge in [0.2, 0.25) is 5.91 Å². The monoisotopic (exact) mass is 255 g/mol. The zero-order chi connectivity index (χ0) is 13.2. The number of amides is 1. The van der Waals surface area contributed by atoms with Crippen LogP contribution in [0.2, 0.25) is 0 Å². The third kappa shape index (κ3) is 2.47. The Balaban J connectivity index is 1.81. The number of likely N-dealkylation sites (tertiary alicyclic amines) is 1. The fourth-order valence-electron chi connectivity index (χ4n) is 2.63. The molecular formula is C16H17NO2. The van der Waals surface area contributed by atoms with Gasteiger partial charge < -0.3 is 10.0 Å². The van der Waals surface area contributed by atoms with Crippen LogP contribution in [0.25, 0.3) is 10.8 Å². The Labute approximate surface area is 112 Å². The third-order valence-corrected chi connectivity index (χ3v) is 3.72. The Bertz CT molecular complexity index is 608. The van der Waals surface area contributed by atoms with E-state index in [2.05, 4.69) is 6.07 Å². The van der Waals surface area contributed by atoms with Crippen LogP contribution >= 0.6 is 0 Å². The van der Waals surface area contributed by atoms with E-state index in [0.29, 0.717) is 13.0 Å². The lowest BCUT2D eigenvalue weighted by Crippen LogP contribution is -2.29. The zero-order valence-corrected chi connectivity index (χ0v) is 10.7. The normalized spacial score (nSPS) is 17.1. The van der Waals surface area contributed by atoms with E-state index >= 15 is 0 Å². The number of hydrogen-bond donors (Lipinski definition) is 1. The van der Waals surface area contributed by atoms with Gasteiger partial charge in [-0.05, 0) is 28.8 Å². The van der Waals surface area contributed by atoms with E-state index in [1.165, 1.54) is 0 Å². The Kier molecular flexibility index (Phi) is 3.22. The van der Waals surface area contributed by atoms with Crippen molar-refractivity contribution in [2.45, 2.75) is 18.9 Å². The zero-order valence-electron chi connectivity index (χ0n) is 10.7. The van der Waals surface area contributed by atoms with Gasteiger partial charge >= 0.3 is 0 Å². The Morgan fingerprint density at radius 2 is 1.95 bits per heavy atom. The van der Waals surface area contributed by atoms with Crippen molar-refractivity contribution < 1.29 is 9.90 Å². The Hall–Kier alpha value is -1.87. The SMILES string of the molecule is O=C1CCCN1CC(O)c1ccc2ccccc2c1. The molecule has 1 heterocycles. The summed E-state index contributed by atoms with van der Waals surface area (Å²) in [7, 11) is 0. The number of carbonyl (C=O) groups is 1. The molecule has 3 rings (SSSR count). The number of benzene rings is 2. The molecule has 0 radical (unpaired) electrons. The first-order valence-electron chi connectivity index (χ1n) is 6.68. The molecule has 19 heavy (non-hydrogen) atoms. The maximum Gasteiger partial charge on any atom is 0.222 e. The fraction of sp³-hybridized carbons (Fsp3) is 0.312. The van der Waals surface area contributed by atoms with Crippen molar-refractivity contribution in [2.75, 3.05) is 13.1 Å². The highest BCUT2D eigenvalue weighted by atomic mass is 16.3. The lowest BCUT2D eigenvalue weighted by molar-refractivity contribution is -0.128. The molecule has 2 aromatic carbocycles. The molecule has 0 aliphatic carbocycles. The summed E-state index contributed by atoms with van der Waals surface area (Å²) < 4.78 is 0. The second-order valence-electron chi connectivity index (χ2n) is 5.07. The summed E-state index contributed by atoms with van der Waals surface area (Å²) in [6.07, 6.45) is 0.917. The maximum absolute atomic E-state index is 11.6. The summed E-state index contributed by atoms with van der Waals surface area (Å²) in [5.41, 5.74) is 0.874. The van der Waals surface area contributed by atoms with Crippen molar-refractivity contribution in [1.29, 1.82) is 0 Å². The summed E-state index contributed by atoms with van der Waals surface area (Å²) >= 11 is 0. The molecule has 98 valence electrons. The highest BCUT2D eigenvalue weighted by Gasteiger charge is 2.23. The molecule has 3 nitrogen and oxygen atoms in total. The van der Waals surface area contributed by atoms with Gasteiger partial charge in [-0.1, -0.05) is 36.4 Å². The molecule has 0 spiro atoms. The number of β-amino-alcohol motifs (C(OH)–C–C–N with tert-alkyl or cyclic N) is 1. The minimum absolute atomic E-state index is 0.153. The van der Waals surface area contributed by atoms with Crippen LogP contribution in [0.4, 0.5) is 0 Å². The standard InChI is InChI=1S/C16H17NO2/c18-15(11-17-9-3-6-16(17)19)14-8-7-12-4-1-2-5-13(12)10-14/h1-2,4-5,7-8,10,15,18H,3,6,9,11H2. The molecule has 1 N–H and O–H groups in total. The Morgan fingerprint density at radius 3 is 2.68 bits per heavy atom. The van der Waals surface area contributed by atoms with Gasteiger partial charge in [0.25, 0.3) is 0 Å². The first-order valence-corrected chi connectivity index (χ1v) is 6.68. The van der Waals surface area contributed by atoms with Crippen molar-refractivity contribution >= 4 is 16.7 Å². The minimum Gasteiger partial charge on any atom is -0.387 e. The van der Waals surface area contributed by atoms with Crippen LogP contribution in [-0.4, -0.2) is 29.0 Å². The first-order chi connectivity index (χ1) is 9.24. The second kappa shape index (κ2) is 5.02. The van der Waals surface area contributed by atoms with E-state index in [4.69, 9.17) is 0 Å². The molecule has 1 aliphatic rings. The van der Waals surface area contributed by atoms with Gasteiger partial charge in [0.1, 0.15) is 0 Å². The molecule has 0 bridgehead atoms. The molecule has 1 saturated heterocycles. The number of aliphatic hydroxyl groups is 1. The molecule has 2 aromatic rings. The first kappa shape index (κ1) is 12.2. The third-order valence-electron chi connectivity index (χ3n) is 3.72. The van der Waals surface area contributed by atoms with Gasteiger partial charge in [0.05, 0.1) is 12.6 Å². The van der Waals surface area contributed by atoms with Crippen molar-refractivity contribution in [3.8, 4) is 0 Å². The largest absolute Gasteiger partial charge is 0.387 e. The lowest BCUT2D eigenvalue weighted by Gasteiger charge is -2.20. The molecule has 1 amide bonds. The van der Waals surface area contributed by atoms with Gasteiger partial charge in [0.15, 0.2) is 0 Å². The molecule has 3 heteroatoms. The number of aliphatic hydroxyl groups excluding tert-OH is 1. The van der Waals surface area contributed by atoms with E-state index in [0.717, 1.165) is 29.3 Å². The molecule has 0 aromatic heterocycles. The molecule has 1 fully saturated rings. The number of nitrogens with zero attached hydrogens (tertiary/aromatic N) is 1. The smallest absolute Gasteiger partial charge is 0.222 e. The van der Waals surface area contributed by atoms with Crippen molar-refractivity contribution in [2.24, 2.45) is 0 Å². The van der Waals surface area contributed by atoms with E-state index in [-0.39, 0.29) is 5.91 Å². The summed E-state index contributed by atoms with van der Waals surface area (Å²) in [6.45, 7) is 1.17. The van der Waals surface area contributed by atoms with Crippen LogP contribution in [0, 0.1) is 0 Å². The van der Waals surface area contributed by atoms with E-state index in [1.54, 1.807) is 4.90 Å². The van der Waals surface area contributed by atoms with Crippen LogP contribution in [0.3, 0.4) is 0 Å². The highest BCUT2D eigenvalue weighted by Crippen LogP contribution is 2.22. The maximum atomic E-state index is 11.6. The van der Waals surface area contributed by atoms with Gasteiger partial charge in [-0.15, -0.1) is 0 Å². The molecule has 1 unspecified atom stereocenters. The summed E-state index contributed by atoms with van der Waals surface area (Å²) in [6, 6.07) is 14.0. The molecule has 0 saturated carbocycles. The average Bonchev–Trinajstić information content (AvgIpc) is 2.84. The summed E-state index contributed by atoms with van der Waals surface area (Å²) in [4.78, 5) is 13.3. The van der Waals surface area contributed by atoms with Crippen LogP contribution in [0.5, 0.6) is 0 Å². The number of fused-ring (bicyclic) bond motifs is 1. The average molecular weight is 255 g/mol. The quantitative estimate of drug-likeness (QED) is 0.915. The molecule has 1 atom stereocenters. The number of rotatable bonds is 3. The van der Waals surface area contributed by atoms with Crippen LogP contribution in [0.1, 0.15) is 24.5 Å².